The minimum absolute atomic E-state index is 0. The highest BCUT2D eigenvalue weighted by atomic mass is 35.5. The molecule has 1 amide bonds. The Morgan fingerprint density at radius 3 is 2.38 bits per heavy atom. The fourth-order valence-corrected chi connectivity index (χ4v) is 4.15. The second kappa shape index (κ2) is 9.25. The molecule has 136 valence electrons. The van der Waals surface area contributed by atoms with E-state index in [1.807, 2.05) is 19.1 Å². The fraction of sp³-hybridized carbons (Fsp3) is 0.562. The summed E-state index contributed by atoms with van der Waals surface area (Å²) in [5, 5.41) is 0. The van der Waals surface area contributed by atoms with Crippen LogP contribution in [0.25, 0.3) is 0 Å². The monoisotopic (exact) mass is 375 g/mol. The van der Waals surface area contributed by atoms with Gasteiger partial charge in [-0.05, 0) is 37.0 Å². The smallest absolute Gasteiger partial charge is 0.226 e. The molecule has 8 heteroatoms. The van der Waals surface area contributed by atoms with E-state index in [4.69, 9.17) is 5.73 Å². The van der Waals surface area contributed by atoms with Gasteiger partial charge < -0.3 is 10.6 Å². The van der Waals surface area contributed by atoms with Crippen LogP contribution in [0.1, 0.15) is 31.7 Å². The van der Waals surface area contributed by atoms with Crippen LogP contribution >= 0.6 is 12.4 Å². The van der Waals surface area contributed by atoms with Crippen LogP contribution in [0.15, 0.2) is 24.3 Å². The summed E-state index contributed by atoms with van der Waals surface area (Å²) in [4.78, 5) is 14.1. The van der Waals surface area contributed by atoms with Crippen LogP contribution in [-0.4, -0.2) is 44.1 Å². The summed E-state index contributed by atoms with van der Waals surface area (Å²) < 4.78 is 26.3. The molecule has 1 heterocycles. The number of nitrogens with one attached hydrogen (secondary N) is 1. The number of rotatable bonds is 6. The van der Waals surface area contributed by atoms with Crippen molar-refractivity contribution in [1.29, 1.82) is 0 Å². The van der Waals surface area contributed by atoms with Gasteiger partial charge in [-0.3, -0.25) is 4.79 Å². The van der Waals surface area contributed by atoms with Crippen molar-refractivity contribution in [2.45, 2.75) is 38.6 Å². The van der Waals surface area contributed by atoms with Crippen LogP contribution in [-0.2, 0) is 21.2 Å². The second-order valence-electron chi connectivity index (χ2n) is 6.01. The molecule has 0 radical (unpaired) electrons. The van der Waals surface area contributed by atoms with Crippen LogP contribution in [0.2, 0.25) is 0 Å². The van der Waals surface area contributed by atoms with Crippen molar-refractivity contribution in [3.63, 3.8) is 0 Å². The van der Waals surface area contributed by atoms with Crippen molar-refractivity contribution >= 4 is 34.0 Å². The number of hydrogen-bond acceptors (Lipinski definition) is 4. The molecule has 1 saturated heterocycles. The van der Waals surface area contributed by atoms with Gasteiger partial charge in [-0.1, -0.05) is 19.1 Å². The molecule has 1 aromatic rings. The third-order valence-electron chi connectivity index (χ3n) is 4.00. The molecule has 0 aliphatic carbocycles. The lowest BCUT2D eigenvalue weighted by Crippen LogP contribution is -2.47. The molecular formula is C16H26ClN3O3S. The number of nitrogens with two attached hydrogens (primary N) is 1. The molecule has 6 nitrogen and oxygen atoms in total. The standard InChI is InChI=1S/C16H25N3O3S.ClH/c1-2-11-23(21,22)18-15-7-9-19(10-8-15)16(20)12-13-3-5-14(17)6-4-13;/h3-6,15,18H,2,7-12,17H2,1H3;1H. The fourth-order valence-electron chi connectivity index (χ4n) is 2.75. The maximum atomic E-state index is 12.3. The zero-order valence-corrected chi connectivity index (χ0v) is 15.5. The van der Waals surface area contributed by atoms with E-state index in [0.29, 0.717) is 44.5 Å². The van der Waals surface area contributed by atoms with E-state index in [0.717, 1.165) is 5.56 Å². The molecule has 0 unspecified atom stereocenters. The highest BCUT2D eigenvalue weighted by Crippen LogP contribution is 2.14. The molecule has 1 aliphatic rings. The summed E-state index contributed by atoms with van der Waals surface area (Å²) in [5.41, 5.74) is 7.26. The van der Waals surface area contributed by atoms with Gasteiger partial charge in [0.05, 0.1) is 12.2 Å². The number of nitrogen functional groups attached to an aromatic ring is 1. The number of nitrogens with zero attached hydrogens (tertiary/aromatic N) is 1. The molecule has 0 atom stereocenters. The third-order valence-corrected chi connectivity index (χ3v) is 5.64. The first-order valence-electron chi connectivity index (χ1n) is 8.02. The van der Waals surface area contributed by atoms with Gasteiger partial charge in [0.25, 0.3) is 0 Å². The molecule has 3 N–H and O–H groups in total. The Balaban J connectivity index is 0.00000288. The van der Waals surface area contributed by atoms with Gasteiger partial charge >= 0.3 is 0 Å². The van der Waals surface area contributed by atoms with E-state index < -0.39 is 10.0 Å². The Morgan fingerprint density at radius 1 is 1.25 bits per heavy atom. The molecule has 0 spiro atoms. The highest BCUT2D eigenvalue weighted by molar-refractivity contribution is 7.89. The number of hydrogen-bond donors (Lipinski definition) is 2. The van der Waals surface area contributed by atoms with Gasteiger partial charge in [0.2, 0.25) is 15.9 Å². The Bertz CT molecular complexity index is 626. The number of halogens is 1. The summed E-state index contributed by atoms with van der Waals surface area (Å²) in [5.74, 6) is 0.230. The lowest BCUT2D eigenvalue weighted by Gasteiger charge is -2.32. The van der Waals surface area contributed by atoms with Gasteiger partial charge in [-0.15, -0.1) is 12.4 Å². The lowest BCUT2D eigenvalue weighted by atomic mass is 10.0. The third kappa shape index (κ3) is 6.30. The van der Waals surface area contributed by atoms with Crippen molar-refractivity contribution in [1.82, 2.24) is 9.62 Å². The largest absolute Gasteiger partial charge is 0.399 e. The molecule has 1 fully saturated rings. The predicted octanol–water partition coefficient (Wildman–Crippen LogP) is 1.55. The second-order valence-corrected chi connectivity index (χ2v) is 7.88. The Morgan fingerprint density at radius 2 is 1.83 bits per heavy atom. The maximum Gasteiger partial charge on any atom is 0.226 e. The number of piperidine rings is 1. The summed E-state index contributed by atoms with van der Waals surface area (Å²) in [6, 6.07) is 7.24. The van der Waals surface area contributed by atoms with E-state index in [2.05, 4.69) is 4.72 Å². The average molecular weight is 376 g/mol. The normalized spacial score (nSPS) is 15.8. The number of carbonyl (C=O) groups excluding carboxylic acids is 1. The van der Waals surface area contributed by atoms with Crippen LogP contribution in [0.3, 0.4) is 0 Å². The average Bonchev–Trinajstić information content (AvgIpc) is 2.49. The van der Waals surface area contributed by atoms with Gasteiger partial charge in [-0.25, -0.2) is 13.1 Å². The van der Waals surface area contributed by atoms with E-state index in [1.54, 1.807) is 17.0 Å². The number of likely N-dealkylation sites (tertiary alicyclic amines) is 1. The van der Waals surface area contributed by atoms with Gasteiger partial charge in [0, 0.05) is 24.8 Å². The van der Waals surface area contributed by atoms with E-state index >= 15 is 0 Å². The van der Waals surface area contributed by atoms with Crippen molar-refractivity contribution < 1.29 is 13.2 Å². The molecule has 2 rings (SSSR count). The Hall–Kier alpha value is -1.31. The van der Waals surface area contributed by atoms with Crippen molar-refractivity contribution in [2.24, 2.45) is 0 Å². The van der Waals surface area contributed by atoms with Crippen LogP contribution < -0.4 is 10.5 Å². The zero-order valence-electron chi connectivity index (χ0n) is 13.9. The van der Waals surface area contributed by atoms with E-state index in [-0.39, 0.29) is 30.1 Å². The maximum absolute atomic E-state index is 12.3. The Labute approximate surface area is 150 Å². The Kier molecular flexibility index (Phi) is 7.99. The van der Waals surface area contributed by atoms with Gasteiger partial charge in [-0.2, -0.15) is 0 Å². The molecule has 0 saturated carbocycles. The topological polar surface area (TPSA) is 92.5 Å². The first-order chi connectivity index (χ1) is 10.9. The molecule has 1 aliphatic heterocycles. The van der Waals surface area contributed by atoms with Crippen LogP contribution in [0, 0.1) is 0 Å². The number of anilines is 1. The number of sulfonamides is 1. The number of amides is 1. The molecular weight excluding hydrogens is 350 g/mol. The lowest BCUT2D eigenvalue weighted by molar-refractivity contribution is -0.131. The van der Waals surface area contributed by atoms with Crippen LogP contribution in [0.4, 0.5) is 5.69 Å². The van der Waals surface area contributed by atoms with Gasteiger partial charge in [0.1, 0.15) is 0 Å². The number of benzene rings is 1. The summed E-state index contributed by atoms with van der Waals surface area (Å²) >= 11 is 0. The zero-order chi connectivity index (χ0) is 16.9. The van der Waals surface area contributed by atoms with Crippen molar-refractivity contribution in [3.8, 4) is 0 Å². The molecule has 1 aromatic carbocycles. The predicted molar refractivity (Wildman–Crippen MR) is 98.6 cm³/mol. The van der Waals surface area contributed by atoms with E-state index in [9.17, 15) is 13.2 Å². The quantitative estimate of drug-likeness (QED) is 0.738. The van der Waals surface area contributed by atoms with Crippen LogP contribution in [0.5, 0.6) is 0 Å². The summed E-state index contributed by atoms with van der Waals surface area (Å²) in [7, 11) is -3.19. The SMILES string of the molecule is CCCS(=O)(=O)NC1CCN(C(=O)Cc2ccc(N)cc2)CC1.Cl. The van der Waals surface area contributed by atoms with Crippen molar-refractivity contribution in [2.75, 3.05) is 24.6 Å². The summed E-state index contributed by atoms with van der Waals surface area (Å²) in [6.07, 6.45) is 2.29. The number of carbonyl (C=O) groups is 1. The minimum Gasteiger partial charge on any atom is -0.399 e. The first-order valence-corrected chi connectivity index (χ1v) is 9.67. The molecule has 0 bridgehead atoms. The molecule has 24 heavy (non-hydrogen) atoms. The summed E-state index contributed by atoms with van der Waals surface area (Å²) in [6.45, 7) is 3.03. The highest BCUT2D eigenvalue weighted by Gasteiger charge is 2.25. The molecule has 0 aromatic heterocycles. The van der Waals surface area contributed by atoms with Gasteiger partial charge in [0.15, 0.2) is 0 Å². The first kappa shape index (κ1) is 20.7. The van der Waals surface area contributed by atoms with E-state index in [1.165, 1.54) is 0 Å². The minimum atomic E-state index is -3.19. The van der Waals surface area contributed by atoms with Crippen molar-refractivity contribution in [3.05, 3.63) is 29.8 Å².